The lowest BCUT2D eigenvalue weighted by atomic mass is 10.1. The second-order valence-corrected chi connectivity index (χ2v) is 9.20. The van der Waals surface area contributed by atoms with E-state index in [1.165, 1.54) is 25.1 Å². The number of piperidine rings is 2. The Morgan fingerprint density at radius 2 is 1.58 bits per heavy atom. The van der Waals surface area contributed by atoms with Gasteiger partial charge in [-0.15, -0.1) is 0 Å². The van der Waals surface area contributed by atoms with Crippen molar-refractivity contribution in [2.75, 3.05) is 41.4 Å². The lowest BCUT2D eigenvalue weighted by Gasteiger charge is -2.30. The molecule has 0 spiro atoms. The van der Waals surface area contributed by atoms with Gasteiger partial charge in [-0.05, 0) is 69.2 Å². The fraction of sp³-hybridized carbons (Fsp3) is 0.440. The van der Waals surface area contributed by atoms with Crippen LogP contribution in [0.3, 0.4) is 0 Å². The predicted octanol–water partition coefficient (Wildman–Crippen LogP) is 4.77. The molecule has 0 aliphatic carbocycles. The number of furan rings is 1. The normalized spacial score (nSPS) is 16.5. The number of nitro groups is 1. The molecule has 11 nitrogen and oxygen atoms in total. The Hall–Kier alpha value is -4.02. The van der Waals surface area contributed by atoms with Crippen LogP contribution in [-0.2, 0) is 0 Å². The second kappa shape index (κ2) is 10.7. The standard InChI is InChI=1S/C25H30N8O3/c1-18-8-10-20(21(16-18)33(34)35)22-11-9-19(36-22)17-26-30-23-27-24(31-12-4-2-5-13-31)29-25(28-23)32-14-6-3-7-15-32/h8-11,16-17H,2-7,12-15H2,1H3,(H,27,28,29,30)/b26-17-. The molecule has 0 radical (unpaired) electrons. The Morgan fingerprint density at radius 1 is 0.944 bits per heavy atom. The van der Waals surface area contributed by atoms with Gasteiger partial charge in [-0.25, -0.2) is 5.43 Å². The molecule has 0 saturated carbocycles. The maximum atomic E-state index is 11.5. The molecule has 2 saturated heterocycles. The third kappa shape index (κ3) is 5.45. The summed E-state index contributed by atoms with van der Waals surface area (Å²) < 4.78 is 5.81. The second-order valence-electron chi connectivity index (χ2n) is 9.20. The maximum absolute atomic E-state index is 11.5. The molecule has 4 heterocycles. The zero-order valence-corrected chi connectivity index (χ0v) is 20.4. The summed E-state index contributed by atoms with van der Waals surface area (Å²) in [7, 11) is 0. The van der Waals surface area contributed by atoms with Crippen molar-refractivity contribution in [3.8, 4) is 11.3 Å². The summed E-state index contributed by atoms with van der Waals surface area (Å²) in [5.74, 6) is 2.59. The Labute approximate surface area is 209 Å². The quantitative estimate of drug-likeness (QED) is 0.283. The highest BCUT2D eigenvalue weighted by molar-refractivity contribution is 5.79. The Morgan fingerprint density at radius 3 is 2.19 bits per heavy atom. The SMILES string of the molecule is Cc1ccc(-c2ccc(/C=N\Nc3nc(N4CCCCC4)nc(N4CCCCC4)n3)o2)c([N+](=O)[O-])c1. The van der Waals surface area contributed by atoms with Gasteiger partial charge in [0.05, 0.1) is 16.7 Å². The molecule has 2 aliphatic heterocycles. The largest absolute Gasteiger partial charge is 0.455 e. The topological polar surface area (TPSA) is 126 Å². The van der Waals surface area contributed by atoms with Crippen molar-refractivity contribution in [2.45, 2.75) is 45.4 Å². The summed E-state index contributed by atoms with van der Waals surface area (Å²) >= 11 is 0. The van der Waals surface area contributed by atoms with E-state index in [1.807, 2.05) is 13.0 Å². The zero-order valence-electron chi connectivity index (χ0n) is 20.4. The van der Waals surface area contributed by atoms with Gasteiger partial charge in [0.2, 0.25) is 17.8 Å². The molecule has 0 bridgehead atoms. The van der Waals surface area contributed by atoms with E-state index in [2.05, 4.69) is 30.3 Å². The average Bonchev–Trinajstić information content (AvgIpc) is 3.38. The van der Waals surface area contributed by atoms with Gasteiger partial charge in [0.25, 0.3) is 5.69 Å². The third-order valence-electron chi connectivity index (χ3n) is 6.49. The van der Waals surface area contributed by atoms with Crippen LogP contribution in [0.1, 0.15) is 49.8 Å². The molecule has 3 aromatic rings. The molecule has 188 valence electrons. The van der Waals surface area contributed by atoms with E-state index < -0.39 is 4.92 Å². The van der Waals surface area contributed by atoms with Crippen molar-refractivity contribution in [1.29, 1.82) is 0 Å². The minimum Gasteiger partial charge on any atom is -0.455 e. The summed E-state index contributed by atoms with van der Waals surface area (Å²) in [6, 6.07) is 8.47. The fourth-order valence-corrected chi connectivity index (χ4v) is 4.60. The molecule has 1 N–H and O–H groups in total. The first-order valence-electron chi connectivity index (χ1n) is 12.5. The van der Waals surface area contributed by atoms with Crippen LogP contribution in [0.25, 0.3) is 11.3 Å². The fourth-order valence-electron chi connectivity index (χ4n) is 4.60. The lowest BCUT2D eigenvalue weighted by molar-refractivity contribution is -0.384. The molecule has 11 heteroatoms. The number of rotatable bonds is 7. The highest BCUT2D eigenvalue weighted by Gasteiger charge is 2.21. The van der Waals surface area contributed by atoms with Gasteiger partial charge in [0.1, 0.15) is 11.5 Å². The Balaban J connectivity index is 1.35. The van der Waals surface area contributed by atoms with Gasteiger partial charge in [0.15, 0.2) is 0 Å². The number of aryl methyl sites for hydroxylation is 1. The highest BCUT2D eigenvalue weighted by atomic mass is 16.6. The van der Waals surface area contributed by atoms with Crippen molar-refractivity contribution in [1.82, 2.24) is 15.0 Å². The average molecular weight is 491 g/mol. The number of hydrogen-bond acceptors (Lipinski definition) is 10. The van der Waals surface area contributed by atoms with Gasteiger partial charge in [0, 0.05) is 32.2 Å². The molecule has 2 aromatic heterocycles. The van der Waals surface area contributed by atoms with E-state index in [0.29, 0.717) is 34.9 Å². The highest BCUT2D eigenvalue weighted by Crippen LogP contribution is 2.31. The Kier molecular flexibility index (Phi) is 7.06. The Bertz CT molecular complexity index is 1210. The maximum Gasteiger partial charge on any atom is 0.280 e. The van der Waals surface area contributed by atoms with Gasteiger partial charge < -0.3 is 14.2 Å². The molecule has 36 heavy (non-hydrogen) atoms. The van der Waals surface area contributed by atoms with Crippen molar-refractivity contribution in [3.05, 3.63) is 51.8 Å². The van der Waals surface area contributed by atoms with Crippen LogP contribution >= 0.6 is 0 Å². The number of aromatic nitrogens is 3. The van der Waals surface area contributed by atoms with Gasteiger partial charge in [-0.1, -0.05) is 6.07 Å². The smallest absolute Gasteiger partial charge is 0.280 e. The molecule has 0 atom stereocenters. The molecular weight excluding hydrogens is 460 g/mol. The molecule has 2 fully saturated rings. The molecule has 5 rings (SSSR count). The monoisotopic (exact) mass is 490 g/mol. The van der Waals surface area contributed by atoms with E-state index in [9.17, 15) is 10.1 Å². The minimum atomic E-state index is -0.402. The summed E-state index contributed by atoms with van der Waals surface area (Å²) in [5.41, 5.74) is 4.17. The number of nitrogens with zero attached hydrogens (tertiary/aromatic N) is 7. The minimum absolute atomic E-state index is 0.00614. The zero-order chi connectivity index (χ0) is 24.9. The van der Waals surface area contributed by atoms with Crippen LogP contribution in [0.2, 0.25) is 0 Å². The van der Waals surface area contributed by atoms with Crippen LogP contribution in [0.5, 0.6) is 0 Å². The van der Waals surface area contributed by atoms with Crippen LogP contribution in [0, 0.1) is 17.0 Å². The summed E-state index contributed by atoms with van der Waals surface area (Å²) in [5, 5.41) is 15.7. The predicted molar refractivity (Wildman–Crippen MR) is 139 cm³/mol. The van der Waals surface area contributed by atoms with E-state index in [0.717, 1.165) is 57.4 Å². The first-order valence-corrected chi connectivity index (χ1v) is 12.5. The van der Waals surface area contributed by atoms with Crippen molar-refractivity contribution < 1.29 is 9.34 Å². The summed E-state index contributed by atoms with van der Waals surface area (Å²) in [4.78, 5) is 29.5. The van der Waals surface area contributed by atoms with Crippen molar-refractivity contribution >= 4 is 29.7 Å². The number of nitro benzene ring substituents is 1. The van der Waals surface area contributed by atoms with Gasteiger partial charge >= 0.3 is 0 Å². The van der Waals surface area contributed by atoms with Crippen LogP contribution in [-0.4, -0.2) is 52.3 Å². The number of benzene rings is 1. The third-order valence-corrected chi connectivity index (χ3v) is 6.49. The van der Waals surface area contributed by atoms with E-state index in [1.54, 1.807) is 18.2 Å². The van der Waals surface area contributed by atoms with Crippen molar-refractivity contribution in [2.24, 2.45) is 5.10 Å². The number of hydrazone groups is 1. The van der Waals surface area contributed by atoms with E-state index in [4.69, 9.17) is 9.40 Å². The first kappa shape index (κ1) is 23.7. The van der Waals surface area contributed by atoms with E-state index >= 15 is 0 Å². The summed E-state index contributed by atoms with van der Waals surface area (Å²) in [6.07, 6.45) is 8.49. The van der Waals surface area contributed by atoms with Crippen LogP contribution in [0.4, 0.5) is 23.5 Å². The molecule has 1 aromatic carbocycles. The molecule has 0 amide bonds. The number of hydrogen-bond donors (Lipinski definition) is 1. The van der Waals surface area contributed by atoms with Crippen LogP contribution < -0.4 is 15.2 Å². The van der Waals surface area contributed by atoms with Crippen LogP contribution in [0.15, 0.2) is 39.9 Å². The number of anilines is 3. The van der Waals surface area contributed by atoms with E-state index in [-0.39, 0.29) is 5.69 Å². The molecular formula is C25H30N8O3. The first-order chi connectivity index (χ1) is 17.6. The lowest BCUT2D eigenvalue weighted by Crippen LogP contribution is -2.34. The van der Waals surface area contributed by atoms with Gasteiger partial charge in [-0.2, -0.15) is 20.1 Å². The molecule has 2 aliphatic rings. The van der Waals surface area contributed by atoms with Gasteiger partial charge in [-0.3, -0.25) is 10.1 Å². The summed E-state index contributed by atoms with van der Waals surface area (Å²) in [6.45, 7) is 5.56. The number of nitrogens with one attached hydrogen (secondary N) is 1. The van der Waals surface area contributed by atoms with Crippen molar-refractivity contribution in [3.63, 3.8) is 0 Å². The molecule has 0 unspecified atom stereocenters.